The number of unbranched alkanes of at least 4 members (excludes halogenated alkanes) is 38. The molecule has 0 bridgehead atoms. The van der Waals surface area contributed by atoms with E-state index in [1.807, 2.05) is 0 Å². The monoisotopic (exact) mass is 860 g/mol. The molecule has 2 atom stereocenters. The summed E-state index contributed by atoms with van der Waals surface area (Å²) in [6.45, 7) is 5.01. The van der Waals surface area contributed by atoms with Crippen molar-refractivity contribution in [2.24, 2.45) is 5.73 Å². The Bertz CT molecular complexity index is 878. The van der Waals surface area contributed by atoms with Crippen LogP contribution in [0.15, 0.2) is 0 Å². The summed E-state index contributed by atoms with van der Waals surface area (Å²) in [5, 5.41) is 0. The van der Waals surface area contributed by atoms with E-state index in [0.717, 1.165) is 32.1 Å². The fourth-order valence-corrected chi connectivity index (χ4v) is 8.71. The van der Waals surface area contributed by atoms with Crippen molar-refractivity contribution in [3.05, 3.63) is 0 Å². The molecule has 59 heavy (non-hydrogen) atoms. The van der Waals surface area contributed by atoms with Crippen molar-refractivity contribution in [2.45, 2.75) is 283 Å². The van der Waals surface area contributed by atoms with Crippen molar-refractivity contribution in [3.63, 3.8) is 0 Å². The van der Waals surface area contributed by atoms with E-state index in [-0.39, 0.29) is 32.3 Å². The average molecular weight is 860 g/mol. The van der Waals surface area contributed by atoms with E-state index in [1.54, 1.807) is 0 Å². The summed E-state index contributed by atoms with van der Waals surface area (Å²) < 4.78 is 33.6. The Kier molecular flexibility index (Phi) is 48.1. The predicted octanol–water partition coefficient (Wildman–Crippen LogP) is 16.0. The molecule has 3 N–H and O–H groups in total. The van der Waals surface area contributed by atoms with Gasteiger partial charge in [-0.15, -0.1) is 0 Å². The summed E-state index contributed by atoms with van der Waals surface area (Å²) in [5.41, 5.74) is 5.39. The van der Waals surface area contributed by atoms with Crippen LogP contribution < -0.4 is 5.73 Å². The van der Waals surface area contributed by atoms with Gasteiger partial charge in [-0.2, -0.15) is 0 Å². The second-order valence-electron chi connectivity index (χ2n) is 17.8. The first-order valence-corrected chi connectivity index (χ1v) is 27.5. The normalized spacial score (nSPS) is 13.2. The fraction of sp³-hybridized carbons (Fsp3) is 0.980. The number of nitrogens with two attached hydrogens (primary N) is 1. The maximum absolute atomic E-state index is 12.7. The summed E-state index contributed by atoms with van der Waals surface area (Å²) in [7, 11) is -4.27. The van der Waals surface area contributed by atoms with E-state index >= 15 is 0 Å². The Morgan fingerprint density at radius 1 is 0.441 bits per heavy atom. The number of ether oxygens (including phenoxy) is 2. The van der Waals surface area contributed by atoms with Crippen molar-refractivity contribution in [1.29, 1.82) is 0 Å². The SMILES string of the molecule is CCCCCCCCCCCCCCCCCCCCCCCCCCC(=O)O[C@H](COCCCCCCCCCCCCCCCCCC)COP(=O)(O)OCCN. The van der Waals surface area contributed by atoms with Gasteiger partial charge in [0.05, 0.1) is 19.8 Å². The Balaban J connectivity index is 3.84. The molecule has 0 aromatic carbocycles. The van der Waals surface area contributed by atoms with Crippen molar-refractivity contribution < 1.29 is 32.8 Å². The molecule has 0 saturated heterocycles. The van der Waals surface area contributed by atoms with Crippen LogP contribution in [0.5, 0.6) is 0 Å². The van der Waals surface area contributed by atoms with Crippen molar-refractivity contribution in [3.8, 4) is 0 Å². The van der Waals surface area contributed by atoms with E-state index in [2.05, 4.69) is 13.8 Å². The second-order valence-corrected chi connectivity index (χ2v) is 19.2. The number of rotatable bonds is 51. The lowest BCUT2D eigenvalue weighted by Crippen LogP contribution is -2.28. The number of carbonyl (C=O) groups excluding carboxylic acids is 1. The highest BCUT2D eigenvalue weighted by Crippen LogP contribution is 2.43. The van der Waals surface area contributed by atoms with Gasteiger partial charge in [0.15, 0.2) is 0 Å². The number of hydrogen-bond donors (Lipinski definition) is 2. The molecule has 0 radical (unpaired) electrons. The molecule has 0 fully saturated rings. The van der Waals surface area contributed by atoms with Gasteiger partial charge in [-0.3, -0.25) is 13.8 Å². The molecule has 354 valence electrons. The average Bonchev–Trinajstić information content (AvgIpc) is 3.23. The standard InChI is InChI=1S/C50H102NO7P/c1-3-5-7-9-11-13-15-17-19-21-22-23-24-25-26-27-28-29-31-33-35-37-39-41-43-50(52)58-49(48-57-59(53,54)56-46-44-51)47-55-45-42-40-38-36-34-32-30-20-18-16-14-12-10-8-6-4-2/h49H,3-48,51H2,1-2H3,(H,53,54)/t49-/m1/s1. The van der Waals surface area contributed by atoms with E-state index in [1.165, 1.54) is 225 Å². The van der Waals surface area contributed by atoms with Gasteiger partial charge >= 0.3 is 13.8 Å². The Morgan fingerprint density at radius 3 is 1.07 bits per heavy atom. The first kappa shape index (κ1) is 58.5. The lowest BCUT2D eigenvalue weighted by atomic mass is 10.0. The molecule has 8 nitrogen and oxygen atoms in total. The molecule has 0 aliphatic carbocycles. The van der Waals surface area contributed by atoms with Gasteiger partial charge in [0.25, 0.3) is 0 Å². The zero-order chi connectivity index (χ0) is 43.0. The molecule has 0 rings (SSSR count). The highest BCUT2D eigenvalue weighted by molar-refractivity contribution is 7.47. The molecule has 0 saturated carbocycles. The molecule has 1 unspecified atom stereocenters. The minimum absolute atomic E-state index is 0.0897. The third-order valence-electron chi connectivity index (χ3n) is 11.8. The fourth-order valence-electron chi connectivity index (χ4n) is 7.94. The number of esters is 1. The summed E-state index contributed by atoms with van der Waals surface area (Å²) in [4.78, 5) is 22.6. The molecule has 0 aromatic rings. The Labute approximate surface area is 367 Å². The quantitative estimate of drug-likeness (QED) is 0.0353. The van der Waals surface area contributed by atoms with E-state index < -0.39 is 13.9 Å². The predicted molar refractivity (Wildman–Crippen MR) is 252 cm³/mol. The number of carbonyl (C=O) groups is 1. The largest absolute Gasteiger partial charge is 0.472 e. The van der Waals surface area contributed by atoms with Gasteiger partial charge in [0.2, 0.25) is 0 Å². The molecule has 0 heterocycles. The van der Waals surface area contributed by atoms with Crippen LogP contribution in [0.4, 0.5) is 0 Å². The highest BCUT2D eigenvalue weighted by atomic mass is 31.2. The third-order valence-corrected chi connectivity index (χ3v) is 12.8. The topological polar surface area (TPSA) is 117 Å². The van der Waals surface area contributed by atoms with Gasteiger partial charge in [0, 0.05) is 19.6 Å². The summed E-state index contributed by atoms with van der Waals surface area (Å²) >= 11 is 0. The van der Waals surface area contributed by atoms with Crippen LogP contribution in [-0.2, 0) is 27.9 Å². The second kappa shape index (κ2) is 48.5. The minimum Gasteiger partial charge on any atom is -0.457 e. The van der Waals surface area contributed by atoms with Crippen LogP contribution in [0.3, 0.4) is 0 Å². The summed E-state index contributed by atoms with van der Waals surface area (Å²) in [5.74, 6) is -0.320. The van der Waals surface area contributed by atoms with Crippen LogP contribution >= 0.6 is 7.82 Å². The molecular formula is C50H102NO7P. The third kappa shape index (κ3) is 48.4. The lowest BCUT2D eigenvalue weighted by molar-refractivity contribution is -0.154. The van der Waals surface area contributed by atoms with Crippen molar-refractivity contribution in [1.82, 2.24) is 0 Å². The van der Waals surface area contributed by atoms with Gasteiger partial charge < -0.3 is 20.1 Å². The summed E-state index contributed by atoms with van der Waals surface area (Å²) in [6.07, 6.45) is 52.8. The summed E-state index contributed by atoms with van der Waals surface area (Å²) in [6, 6.07) is 0. The Morgan fingerprint density at radius 2 is 0.746 bits per heavy atom. The minimum atomic E-state index is -4.27. The van der Waals surface area contributed by atoms with E-state index in [9.17, 15) is 14.3 Å². The number of phosphoric ester groups is 1. The maximum Gasteiger partial charge on any atom is 0.472 e. The van der Waals surface area contributed by atoms with Crippen LogP contribution in [0.1, 0.15) is 277 Å². The zero-order valence-corrected chi connectivity index (χ0v) is 40.4. The Hall–Kier alpha value is -0.500. The van der Waals surface area contributed by atoms with Crippen molar-refractivity contribution >= 4 is 13.8 Å². The molecular weight excluding hydrogens is 758 g/mol. The van der Waals surface area contributed by atoms with Gasteiger partial charge in [-0.1, -0.05) is 258 Å². The number of phosphoric acid groups is 1. The van der Waals surface area contributed by atoms with Crippen LogP contribution in [0.25, 0.3) is 0 Å². The first-order chi connectivity index (χ1) is 28.9. The van der Waals surface area contributed by atoms with Gasteiger partial charge in [-0.25, -0.2) is 4.57 Å². The van der Waals surface area contributed by atoms with Crippen LogP contribution in [0.2, 0.25) is 0 Å². The van der Waals surface area contributed by atoms with Gasteiger partial charge in [-0.05, 0) is 12.8 Å². The molecule has 0 spiro atoms. The number of hydrogen-bond acceptors (Lipinski definition) is 7. The molecule has 9 heteroatoms. The van der Waals surface area contributed by atoms with E-state index in [4.69, 9.17) is 24.3 Å². The maximum atomic E-state index is 12.7. The highest BCUT2D eigenvalue weighted by Gasteiger charge is 2.25. The molecule has 0 aliphatic rings. The van der Waals surface area contributed by atoms with Crippen LogP contribution in [-0.4, -0.2) is 49.9 Å². The molecule has 0 amide bonds. The molecule has 0 aromatic heterocycles. The van der Waals surface area contributed by atoms with Crippen LogP contribution in [0, 0.1) is 0 Å². The smallest absolute Gasteiger partial charge is 0.457 e. The molecule has 0 aliphatic heterocycles. The van der Waals surface area contributed by atoms with Crippen molar-refractivity contribution in [2.75, 3.05) is 33.0 Å². The van der Waals surface area contributed by atoms with Gasteiger partial charge in [0.1, 0.15) is 6.10 Å². The first-order valence-electron chi connectivity index (χ1n) is 26.0. The lowest BCUT2D eigenvalue weighted by Gasteiger charge is -2.20. The zero-order valence-electron chi connectivity index (χ0n) is 39.5. The van der Waals surface area contributed by atoms with E-state index in [0.29, 0.717) is 13.0 Å².